The molecule has 0 saturated carbocycles. The topological polar surface area (TPSA) is 59.6 Å². The van der Waals surface area contributed by atoms with Gasteiger partial charge in [0, 0.05) is 11.0 Å². The maximum absolute atomic E-state index is 11.7. The smallest absolute Gasteiger partial charge is 0.317 e. The lowest BCUT2D eigenvalue weighted by atomic mass is 10.1. The molecule has 0 atom stereocenters. The minimum Gasteiger partial charge on any atom is -0.493 e. The summed E-state index contributed by atoms with van der Waals surface area (Å²) in [6, 6.07) is 14.9. The van der Waals surface area contributed by atoms with Gasteiger partial charge >= 0.3 is 6.03 Å². The zero-order valence-electron chi connectivity index (χ0n) is 12.8. The summed E-state index contributed by atoms with van der Waals surface area (Å²) in [6.07, 6.45) is 0.752. The number of hydrogen-bond donors (Lipinski definition) is 2. The molecule has 2 amide bonds. The van der Waals surface area contributed by atoms with Crippen molar-refractivity contribution in [3.63, 3.8) is 0 Å². The fourth-order valence-corrected chi connectivity index (χ4v) is 2.47. The van der Waals surface area contributed by atoms with Gasteiger partial charge in [-0.05, 0) is 30.2 Å². The molecule has 0 bridgehead atoms. The van der Waals surface area contributed by atoms with Crippen LogP contribution in [-0.2, 0) is 6.42 Å². The van der Waals surface area contributed by atoms with Gasteiger partial charge in [0.25, 0.3) is 0 Å². The Balaban J connectivity index is 1.68. The molecule has 6 heteroatoms. The van der Waals surface area contributed by atoms with Crippen molar-refractivity contribution in [3.8, 4) is 11.5 Å². The maximum atomic E-state index is 11.7. The Hall–Kier alpha value is -2.21. The molecule has 122 valence electrons. The van der Waals surface area contributed by atoms with E-state index in [2.05, 4.69) is 26.6 Å². The summed E-state index contributed by atoms with van der Waals surface area (Å²) in [5.74, 6) is 1.21. The van der Waals surface area contributed by atoms with Crippen LogP contribution >= 0.6 is 15.9 Å². The van der Waals surface area contributed by atoms with Crippen molar-refractivity contribution in [1.29, 1.82) is 0 Å². The Morgan fingerprint density at radius 3 is 2.48 bits per heavy atom. The maximum Gasteiger partial charge on any atom is 0.317 e. The van der Waals surface area contributed by atoms with Gasteiger partial charge < -0.3 is 20.1 Å². The molecule has 5 nitrogen and oxygen atoms in total. The lowest BCUT2D eigenvalue weighted by molar-refractivity contribution is 0.221. The minimum absolute atomic E-state index is 0.0707. The lowest BCUT2D eigenvalue weighted by Crippen LogP contribution is -2.38. The van der Waals surface area contributed by atoms with Crippen molar-refractivity contribution in [3.05, 3.63) is 58.6 Å². The van der Waals surface area contributed by atoms with E-state index in [1.165, 1.54) is 0 Å². The van der Waals surface area contributed by atoms with Crippen molar-refractivity contribution < 1.29 is 14.3 Å². The van der Waals surface area contributed by atoms with Crippen molar-refractivity contribution >= 4 is 22.0 Å². The van der Waals surface area contributed by atoms with Crippen LogP contribution in [0.15, 0.2) is 53.0 Å². The molecule has 2 aromatic carbocycles. The van der Waals surface area contributed by atoms with E-state index in [9.17, 15) is 4.79 Å². The van der Waals surface area contributed by atoms with Crippen LogP contribution in [-0.4, -0.2) is 26.4 Å². The average Bonchev–Trinajstić information content (AvgIpc) is 2.57. The van der Waals surface area contributed by atoms with E-state index in [4.69, 9.17) is 9.47 Å². The van der Waals surface area contributed by atoms with Gasteiger partial charge in [0.15, 0.2) is 18.2 Å². The molecule has 0 saturated heterocycles. The van der Waals surface area contributed by atoms with E-state index in [0.717, 1.165) is 16.5 Å². The quantitative estimate of drug-likeness (QED) is 0.726. The molecule has 0 aliphatic heterocycles. The van der Waals surface area contributed by atoms with E-state index in [1.54, 1.807) is 19.2 Å². The number of halogens is 1. The van der Waals surface area contributed by atoms with Gasteiger partial charge in [-0.3, -0.25) is 0 Å². The first-order chi connectivity index (χ1) is 11.2. The predicted octanol–water partition coefficient (Wildman–Crippen LogP) is 3.34. The number of urea groups is 1. The van der Waals surface area contributed by atoms with Gasteiger partial charge in [0.1, 0.15) is 0 Å². The fourth-order valence-electron chi connectivity index (χ4n) is 1.99. The van der Waals surface area contributed by atoms with E-state index in [-0.39, 0.29) is 12.8 Å². The van der Waals surface area contributed by atoms with Crippen LogP contribution in [0.1, 0.15) is 5.56 Å². The third-order valence-electron chi connectivity index (χ3n) is 3.17. The third-order valence-corrected chi connectivity index (χ3v) is 3.94. The highest BCUT2D eigenvalue weighted by atomic mass is 79.9. The van der Waals surface area contributed by atoms with Gasteiger partial charge in [0.05, 0.1) is 7.11 Å². The van der Waals surface area contributed by atoms with Crippen LogP contribution in [0.2, 0.25) is 0 Å². The fraction of sp³-hybridized carbons (Fsp3) is 0.235. The standard InChI is InChI=1S/C17H19BrN2O3/c1-22-15-8-4-5-9-16(15)23-12-20-17(21)19-11-10-13-6-2-3-7-14(13)18/h2-9H,10-12H2,1H3,(H2,19,20,21). The molecule has 0 aliphatic rings. The number of carbonyl (C=O) groups is 1. The average molecular weight is 379 g/mol. The number of amides is 2. The van der Waals surface area contributed by atoms with Gasteiger partial charge in [-0.15, -0.1) is 0 Å². The van der Waals surface area contributed by atoms with Crippen LogP contribution in [0.3, 0.4) is 0 Å². The Morgan fingerprint density at radius 2 is 1.74 bits per heavy atom. The van der Waals surface area contributed by atoms with Crippen LogP contribution in [0.4, 0.5) is 4.79 Å². The zero-order chi connectivity index (χ0) is 16.5. The van der Waals surface area contributed by atoms with Gasteiger partial charge in [-0.25, -0.2) is 4.79 Å². The second-order valence-corrected chi connectivity index (χ2v) is 5.57. The lowest BCUT2D eigenvalue weighted by Gasteiger charge is -2.12. The molecule has 0 aliphatic carbocycles. The van der Waals surface area contributed by atoms with Crippen molar-refractivity contribution in [2.24, 2.45) is 0 Å². The molecule has 23 heavy (non-hydrogen) atoms. The molecular formula is C17H19BrN2O3. The number of benzene rings is 2. The van der Waals surface area contributed by atoms with Gasteiger partial charge in [-0.1, -0.05) is 46.3 Å². The van der Waals surface area contributed by atoms with E-state index < -0.39 is 0 Å². The Labute approximate surface area is 144 Å². The Morgan fingerprint density at radius 1 is 1.04 bits per heavy atom. The summed E-state index contributed by atoms with van der Waals surface area (Å²) in [4.78, 5) is 11.7. The first-order valence-corrected chi connectivity index (χ1v) is 8.01. The summed E-state index contributed by atoms with van der Waals surface area (Å²) in [5.41, 5.74) is 1.15. The molecule has 0 fully saturated rings. The molecule has 2 N–H and O–H groups in total. The number of hydrogen-bond acceptors (Lipinski definition) is 3. The summed E-state index contributed by atoms with van der Waals surface area (Å²) in [6.45, 7) is 0.615. The summed E-state index contributed by atoms with van der Waals surface area (Å²) >= 11 is 3.48. The second-order valence-electron chi connectivity index (χ2n) is 4.71. The van der Waals surface area contributed by atoms with Crippen LogP contribution in [0, 0.1) is 0 Å². The number of rotatable bonds is 7. The highest BCUT2D eigenvalue weighted by Gasteiger charge is 2.04. The van der Waals surface area contributed by atoms with Crippen molar-refractivity contribution in [2.45, 2.75) is 6.42 Å². The Kier molecular flexibility index (Phi) is 6.75. The summed E-state index contributed by atoms with van der Waals surface area (Å²) in [7, 11) is 1.57. The molecule has 0 unspecified atom stereocenters. The Bertz CT molecular complexity index is 649. The third kappa shape index (κ3) is 5.49. The SMILES string of the molecule is COc1ccccc1OCNC(=O)NCCc1ccccc1Br. The van der Waals surface area contributed by atoms with Crippen LogP contribution in [0.5, 0.6) is 11.5 Å². The van der Waals surface area contributed by atoms with Gasteiger partial charge in [-0.2, -0.15) is 0 Å². The van der Waals surface area contributed by atoms with E-state index >= 15 is 0 Å². The summed E-state index contributed by atoms with van der Waals surface area (Å²) < 4.78 is 11.7. The highest BCUT2D eigenvalue weighted by Crippen LogP contribution is 2.25. The molecule has 2 aromatic rings. The molecule has 0 spiro atoms. The first-order valence-electron chi connectivity index (χ1n) is 7.21. The highest BCUT2D eigenvalue weighted by molar-refractivity contribution is 9.10. The van der Waals surface area contributed by atoms with Crippen LogP contribution < -0.4 is 20.1 Å². The first kappa shape index (κ1) is 17.1. The monoisotopic (exact) mass is 378 g/mol. The van der Waals surface area contributed by atoms with Crippen LogP contribution in [0.25, 0.3) is 0 Å². The molecule has 2 rings (SSSR count). The molecule has 0 aromatic heterocycles. The number of para-hydroxylation sites is 2. The summed E-state index contributed by atoms with van der Waals surface area (Å²) in [5, 5.41) is 5.43. The molecular weight excluding hydrogens is 360 g/mol. The molecule has 0 heterocycles. The van der Waals surface area contributed by atoms with Crippen molar-refractivity contribution in [2.75, 3.05) is 20.4 Å². The van der Waals surface area contributed by atoms with E-state index in [0.29, 0.717) is 18.0 Å². The number of carbonyl (C=O) groups excluding carboxylic acids is 1. The van der Waals surface area contributed by atoms with E-state index in [1.807, 2.05) is 36.4 Å². The minimum atomic E-state index is -0.271. The zero-order valence-corrected chi connectivity index (χ0v) is 14.4. The van der Waals surface area contributed by atoms with Crippen molar-refractivity contribution in [1.82, 2.24) is 10.6 Å². The predicted molar refractivity (Wildman–Crippen MR) is 92.9 cm³/mol. The second kappa shape index (κ2) is 9.05. The number of methoxy groups -OCH3 is 1. The largest absolute Gasteiger partial charge is 0.493 e. The normalized spacial score (nSPS) is 10.0. The van der Waals surface area contributed by atoms with Gasteiger partial charge in [0.2, 0.25) is 0 Å². The number of nitrogens with one attached hydrogen (secondary N) is 2. The number of ether oxygens (including phenoxy) is 2. The molecule has 0 radical (unpaired) electrons.